The molecule has 0 radical (unpaired) electrons. The van der Waals surface area contributed by atoms with Crippen LogP contribution in [0.3, 0.4) is 0 Å². The van der Waals surface area contributed by atoms with E-state index in [0.717, 1.165) is 27.1 Å². The zero-order chi connectivity index (χ0) is 19.2. The van der Waals surface area contributed by atoms with E-state index < -0.39 is 0 Å². The lowest BCUT2D eigenvalue weighted by Gasteiger charge is -2.22. The van der Waals surface area contributed by atoms with Gasteiger partial charge in [-0.25, -0.2) is 0 Å². The zero-order valence-corrected chi connectivity index (χ0v) is 17.7. The molecule has 5 nitrogen and oxygen atoms in total. The molecule has 144 valence electrons. The Morgan fingerprint density at radius 2 is 1.78 bits per heavy atom. The van der Waals surface area contributed by atoms with Crippen molar-refractivity contribution in [3.05, 3.63) is 50.6 Å². The fraction of sp³-hybridized carbons (Fsp3) is 0.400. The number of aryl methyl sites for hydroxylation is 1. The third kappa shape index (κ3) is 5.11. The summed E-state index contributed by atoms with van der Waals surface area (Å²) < 4.78 is 6.00. The van der Waals surface area contributed by atoms with Crippen molar-refractivity contribution in [1.29, 1.82) is 0 Å². The number of ether oxygens (including phenoxy) is 1. The Hall–Kier alpha value is -1.86. The lowest BCUT2D eigenvalue weighted by Crippen LogP contribution is -2.37. The summed E-state index contributed by atoms with van der Waals surface area (Å²) in [6.45, 7) is 2.57. The Morgan fingerprint density at radius 3 is 2.44 bits per heavy atom. The second kappa shape index (κ2) is 9.37. The van der Waals surface area contributed by atoms with E-state index >= 15 is 0 Å². The monoisotopic (exact) mass is 450 g/mol. The second-order valence-corrected chi connectivity index (χ2v) is 8.24. The summed E-state index contributed by atoms with van der Waals surface area (Å²) in [4.78, 5) is 29.7. The highest BCUT2D eigenvalue weighted by atomic mass is 79.9. The second-order valence-electron chi connectivity index (χ2n) is 6.47. The van der Waals surface area contributed by atoms with E-state index in [4.69, 9.17) is 4.74 Å². The Kier molecular flexibility index (Phi) is 6.90. The molecule has 2 heterocycles. The summed E-state index contributed by atoms with van der Waals surface area (Å²) in [5.41, 5.74) is 1.12. The van der Waals surface area contributed by atoms with Gasteiger partial charge in [0.15, 0.2) is 0 Å². The van der Waals surface area contributed by atoms with Crippen molar-refractivity contribution < 1.29 is 14.3 Å². The van der Waals surface area contributed by atoms with E-state index in [9.17, 15) is 9.59 Å². The summed E-state index contributed by atoms with van der Waals surface area (Å²) in [5.74, 6) is 1.02. The minimum absolute atomic E-state index is 0.0457. The first-order valence-electron chi connectivity index (χ1n) is 9.01. The molecule has 7 heteroatoms. The van der Waals surface area contributed by atoms with Gasteiger partial charge < -0.3 is 14.5 Å². The highest BCUT2D eigenvalue weighted by Crippen LogP contribution is 2.24. The van der Waals surface area contributed by atoms with Crippen LogP contribution < -0.4 is 4.74 Å². The van der Waals surface area contributed by atoms with Crippen LogP contribution in [-0.2, 0) is 11.2 Å². The molecule has 1 aliphatic rings. The largest absolute Gasteiger partial charge is 0.497 e. The number of rotatable bonds is 5. The minimum Gasteiger partial charge on any atom is -0.497 e. The number of benzene rings is 1. The predicted molar refractivity (Wildman–Crippen MR) is 110 cm³/mol. The number of hydrogen-bond donors (Lipinski definition) is 0. The average Bonchev–Trinajstić information content (AvgIpc) is 2.97. The first-order chi connectivity index (χ1) is 13.1. The molecule has 3 rings (SSSR count). The molecule has 0 spiro atoms. The molecule has 0 saturated carbocycles. The summed E-state index contributed by atoms with van der Waals surface area (Å²) in [7, 11) is 1.64. The van der Waals surface area contributed by atoms with Crippen LogP contribution in [0.15, 0.2) is 40.2 Å². The molecule has 27 heavy (non-hydrogen) atoms. The highest BCUT2D eigenvalue weighted by molar-refractivity contribution is 9.10. The normalized spacial score (nSPS) is 14.7. The van der Waals surface area contributed by atoms with Crippen molar-refractivity contribution in [2.75, 3.05) is 33.3 Å². The fourth-order valence-corrected chi connectivity index (χ4v) is 4.67. The van der Waals surface area contributed by atoms with Crippen LogP contribution in [0, 0.1) is 0 Å². The molecular weight excluding hydrogens is 428 g/mol. The topological polar surface area (TPSA) is 49.9 Å². The van der Waals surface area contributed by atoms with Crippen molar-refractivity contribution in [3.8, 4) is 5.75 Å². The number of nitrogens with zero attached hydrogens (tertiary/aromatic N) is 2. The maximum atomic E-state index is 12.7. The average molecular weight is 451 g/mol. The molecule has 1 aliphatic heterocycles. The third-order valence-electron chi connectivity index (χ3n) is 4.73. The number of carbonyl (C=O) groups excluding carboxylic acids is 2. The maximum Gasteiger partial charge on any atom is 0.265 e. The summed E-state index contributed by atoms with van der Waals surface area (Å²) in [6.07, 6.45) is 2.00. The van der Waals surface area contributed by atoms with E-state index in [1.54, 1.807) is 7.11 Å². The molecule has 0 N–H and O–H groups in total. The molecule has 0 unspecified atom stereocenters. The smallest absolute Gasteiger partial charge is 0.265 e. The van der Waals surface area contributed by atoms with Crippen molar-refractivity contribution in [3.63, 3.8) is 0 Å². The molecule has 1 aromatic heterocycles. The van der Waals surface area contributed by atoms with Gasteiger partial charge in [0, 0.05) is 37.1 Å². The Balaban J connectivity index is 1.51. The van der Waals surface area contributed by atoms with E-state index in [1.807, 2.05) is 45.5 Å². The van der Waals surface area contributed by atoms with Crippen molar-refractivity contribution >= 4 is 39.1 Å². The standard InChI is InChI=1S/C20H23BrN2O3S/c1-26-16-6-3-15(4-7-16)5-8-18(24)22-10-2-11-23(13-12-22)20(25)19-17(21)9-14-27-19/h3-4,6-7,9,14H,2,5,8,10-13H2,1H3. The van der Waals surface area contributed by atoms with Crippen LogP contribution >= 0.6 is 27.3 Å². The van der Waals surface area contributed by atoms with Crippen LogP contribution in [0.25, 0.3) is 0 Å². The Morgan fingerprint density at radius 1 is 1.07 bits per heavy atom. The third-order valence-corrected chi connectivity index (χ3v) is 6.56. The Labute approximate surface area is 172 Å². The van der Waals surface area contributed by atoms with E-state index in [1.165, 1.54) is 11.3 Å². The van der Waals surface area contributed by atoms with Gasteiger partial charge in [-0.05, 0) is 57.9 Å². The number of thiophene rings is 1. The molecule has 0 atom stereocenters. The molecule has 0 aliphatic carbocycles. The lowest BCUT2D eigenvalue weighted by molar-refractivity contribution is -0.131. The molecule has 0 bridgehead atoms. The lowest BCUT2D eigenvalue weighted by atomic mass is 10.1. The van der Waals surface area contributed by atoms with E-state index in [0.29, 0.717) is 39.0 Å². The number of carbonyl (C=O) groups is 2. The van der Waals surface area contributed by atoms with Gasteiger partial charge in [0.25, 0.3) is 5.91 Å². The zero-order valence-electron chi connectivity index (χ0n) is 15.3. The SMILES string of the molecule is COc1ccc(CCC(=O)N2CCCN(C(=O)c3sccc3Br)CC2)cc1. The Bertz CT molecular complexity index is 791. The van der Waals surface area contributed by atoms with Crippen LogP contribution in [0.4, 0.5) is 0 Å². The molecule has 2 amide bonds. The quantitative estimate of drug-likeness (QED) is 0.695. The number of amides is 2. The van der Waals surface area contributed by atoms with Gasteiger partial charge in [-0.15, -0.1) is 11.3 Å². The summed E-state index contributed by atoms with van der Waals surface area (Å²) in [6, 6.07) is 9.71. The number of methoxy groups -OCH3 is 1. The van der Waals surface area contributed by atoms with Gasteiger partial charge in [-0.1, -0.05) is 12.1 Å². The van der Waals surface area contributed by atoms with Crippen molar-refractivity contribution in [2.45, 2.75) is 19.3 Å². The van der Waals surface area contributed by atoms with Gasteiger partial charge in [0.1, 0.15) is 10.6 Å². The van der Waals surface area contributed by atoms with E-state index in [-0.39, 0.29) is 11.8 Å². The van der Waals surface area contributed by atoms with Crippen LogP contribution in [0.5, 0.6) is 5.75 Å². The number of hydrogen-bond acceptors (Lipinski definition) is 4. The van der Waals surface area contributed by atoms with Crippen LogP contribution in [0.2, 0.25) is 0 Å². The maximum absolute atomic E-state index is 12.7. The molecular formula is C20H23BrN2O3S. The predicted octanol–water partition coefficient (Wildman–Crippen LogP) is 3.83. The molecule has 1 saturated heterocycles. The first kappa shape index (κ1) is 19.9. The number of halogens is 1. The van der Waals surface area contributed by atoms with Gasteiger partial charge in [0.2, 0.25) is 5.91 Å². The molecule has 1 fully saturated rings. The first-order valence-corrected chi connectivity index (χ1v) is 10.7. The fourth-order valence-electron chi connectivity index (χ4n) is 3.16. The van der Waals surface area contributed by atoms with E-state index in [2.05, 4.69) is 15.9 Å². The van der Waals surface area contributed by atoms with Crippen molar-refractivity contribution in [1.82, 2.24) is 9.80 Å². The van der Waals surface area contributed by atoms with Crippen LogP contribution in [0.1, 0.15) is 28.1 Å². The molecule has 1 aromatic carbocycles. The highest BCUT2D eigenvalue weighted by Gasteiger charge is 2.24. The van der Waals surface area contributed by atoms with Crippen LogP contribution in [-0.4, -0.2) is 54.9 Å². The van der Waals surface area contributed by atoms with Gasteiger partial charge in [-0.3, -0.25) is 9.59 Å². The summed E-state index contributed by atoms with van der Waals surface area (Å²) >= 11 is 4.88. The minimum atomic E-state index is 0.0457. The van der Waals surface area contributed by atoms with Gasteiger partial charge >= 0.3 is 0 Å². The van der Waals surface area contributed by atoms with Gasteiger partial charge in [-0.2, -0.15) is 0 Å². The molecule has 2 aromatic rings. The van der Waals surface area contributed by atoms with Crippen molar-refractivity contribution in [2.24, 2.45) is 0 Å². The summed E-state index contributed by atoms with van der Waals surface area (Å²) in [5, 5.41) is 1.91. The van der Waals surface area contributed by atoms with Gasteiger partial charge in [0.05, 0.1) is 7.11 Å².